The molecule has 3 heterocycles. The number of pyridine rings is 1. The highest BCUT2D eigenvalue weighted by Gasteiger charge is 2.17. The molecule has 4 rings (SSSR count). The van der Waals surface area contributed by atoms with Gasteiger partial charge in [0.1, 0.15) is 6.33 Å². The van der Waals surface area contributed by atoms with Gasteiger partial charge in [-0.05, 0) is 36.8 Å². The lowest BCUT2D eigenvalue weighted by molar-refractivity contribution is 0.602. The molecular weight excluding hydrogens is 362 g/mol. The van der Waals surface area contributed by atoms with Crippen molar-refractivity contribution in [1.82, 2.24) is 19.4 Å². The molecule has 4 aromatic rings. The Labute approximate surface area is 156 Å². The molecule has 0 fully saturated rings. The first-order chi connectivity index (χ1) is 12.9. The Morgan fingerprint density at radius 3 is 2.41 bits per heavy atom. The number of nitrogens with two attached hydrogens (primary N) is 1. The maximum Gasteiger partial charge on any atom is 0.206 e. The summed E-state index contributed by atoms with van der Waals surface area (Å²) in [6, 6.07) is 10.5. The number of nitrogen functional groups attached to an aromatic ring is 1. The number of fused-ring (bicyclic) bond motifs is 1. The van der Waals surface area contributed by atoms with Gasteiger partial charge in [0.05, 0.1) is 16.1 Å². The number of anilines is 1. The third-order valence-electron chi connectivity index (χ3n) is 4.45. The van der Waals surface area contributed by atoms with Gasteiger partial charge in [0.15, 0.2) is 9.84 Å². The third kappa shape index (κ3) is 2.93. The van der Waals surface area contributed by atoms with Gasteiger partial charge in [0.25, 0.3) is 0 Å². The fourth-order valence-corrected chi connectivity index (χ4v) is 3.69. The zero-order valence-corrected chi connectivity index (χ0v) is 15.6. The zero-order chi connectivity index (χ0) is 19.2. The fraction of sp³-hybridized carbons (Fsp3) is 0.105. The number of sulfone groups is 1. The number of hydrogen-bond acceptors (Lipinski definition) is 6. The van der Waals surface area contributed by atoms with Crippen molar-refractivity contribution in [3.63, 3.8) is 0 Å². The predicted octanol–water partition coefficient (Wildman–Crippen LogP) is 2.75. The number of rotatable bonds is 3. The van der Waals surface area contributed by atoms with Crippen LogP contribution in [-0.4, -0.2) is 34.0 Å². The van der Waals surface area contributed by atoms with E-state index in [1.54, 1.807) is 47.4 Å². The van der Waals surface area contributed by atoms with E-state index in [1.807, 2.05) is 19.1 Å². The minimum Gasteiger partial charge on any atom is -0.369 e. The van der Waals surface area contributed by atoms with Crippen molar-refractivity contribution >= 4 is 21.3 Å². The molecule has 0 atom stereocenters. The van der Waals surface area contributed by atoms with Crippen LogP contribution < -0.4 is 5.73 Å². The van der Waals surface area contributed by atoms with E-state index < -0.39 is 9.84 Å². The highest BCUT2D eigenvalue weighted by molar-refractivity contribution is 7.90. The molecular formula is C19H17N5O2S. The van der Waals surface area contributed by atoms with E-state index in [9.17, 15) is 8.42 Å². The van der Waals surface area contributed by atoms with E-state index >= 15 is 0 Å². The topological polar surface area (TPSA) is 103 Å². The Morgan fingerprint density at radius 1 is 1.00 bits per heavy atom. The first-order valence-electron chi connectivity index (χ1n) is 8.20. The number of aromatic nitrogens is 4. The fourth-order valence-electron chi connectivity index (χ4n) is 3.06. The summed E-state index contributed by atoms with van der Waals surface area (Å²) in [7, 11) is -3.26. The molecule has 3 aromatic heterocycles. The second-order valence-electron chi connectivity index (χ2n) is 6.27. The SMILES string of the molecule is Cc1ncccc1-c1ncn2c(N)ncc(-c3ccc(S(C)(=O)=O)cc3)c12. The van der Waals surface area contributed by atoms with Gasteiger partial charge in [-0.3, -0.25) is 9.38 Å². The molecule has 7 nitrogen and oxygen atoms in total. The largest absolute Gasteiger partial charge is 0.369 e. The van der Waals surface area contributed by atoms with Crippen LogP contribution in [0.4, 0.5) is 5.95 Å². The smallest absolute Gasteiger partial charge is 0.206 e. The molecule has 0 amide bonds. The summed E-state index contributed by atoms with van der Waals surface area (Å²) in [5, 5.41) is 0. The number of nitrogens with zero attached hydrogens (tertiary/aromatic N) is 4. The monoisotopic (exact) mass is 379 g/mol. The van der Waals surface area contributed by atoms with Crippen LogP contribution in [0.5, 0.6) is 0 Å². The van der Waals surface area contributed by atoms with Gasteiger partial charge in [-0.1, -0.05) is 12.1 Å². The van der Waals surface area contributed by atoms with Crippen molar-refractivity contribution in [1.29, 1.82) is 0 Å². The molecule has 136 valence electrons. The highest BCUT2D eigenvalue weighted by atomic mass is 32.2. The maximum atomic E-state index is 11.7. The summed E-state index contributed by atoms with van der Waals surface area (Å²) >= 11 is 0. The number of benzene rings is 1. The summed E-state index contributed by atoms with van der Waals surface area (Å²) in [6.07, 6.45) is 6.23. The highest BCUT2D eigenvalue weighted by Crippen LogP contribution is 2.33. The molecule has 0 aliphatic rings. The molecule has 0 radical (unpaired) electrons. The van der Waals surface area contributed by atoms with E-state index in [2.05, 4.69) is 15.0 Å². The molecule has 0 spiro atoms. The Balaban J connectivity index is 1.98. The van der Waals surface area contributed by atoms with E-state index in [0.29, 0.717) is 5.95 Å². The van der Waals surface area contributed by atoms with Gasteiger partial charge in [0.2, 0.25) is 5.95 Å². The van der Waals surface area contributed by atoms with Crippen molar-refractivity contribution in [2.45, 2.75) is 11.8 Å². The first-order valence-corrected chi connectivity index (χ1v) is 10.1. The normalized spacial score (nSPS) is 11.8. The standard InChI is InChI=1S/C19H17N5O2S/c1-12-15(4-3-9-21-12)17-18-16(10-22-19(20)24(18)11-23-17)13-5-7-14(8-6-13)27(2,25)26/h3-11H,1-2H3,(H2,20,22). The van der Waals surface area contributed by atoms with Gasteiger partial charge >= 0.3 is 0 Å². The van der Waals surface area contributed by atoms with E-state index in [0.717, 1.165) is 33.6 Å². The van der Waals surface area contributed by atoms with Crippen molar-refractivity contribution < 1.29 is 8.42 Å². The van der Waals surface area contributed by atoms with Crippen LogP contribution in [0, 0.1) is 6.92 Å². The van der Waals surface area contributed by atoms with Crippen LogP contribution in [0.3, 0.4) is 0 Å². The molecule has 0 aliphatic carbocycles. The lowest BCUT2D eigenvalue weighted by atomic mass is 10.0. The second kappa shape index (κ2) is 6.17. The van der Waals surface area contributed by atoms with E-state index in [1.165, 1.54) is 6.26 Å². The van der Waals surface area contributed by atoms with Crippen LogP contribution in [0.25, 0.3) is 27.9 Å². The average Bonchev–Trinajstić information content (AvgIpc) is 3.08. The van der Waals surface area contributed by atoms with Crippen LogP contribution >= 0.6 is 0 Å². The first kappa shape index (κ1) is 17.2. The van der Waals surface area contributed by atoms with Crippen LogP contribution in [0.2, 0.25) is 0 Å². The number of hydrogen-bond donors (Lipinski definition) is 1. The summed E-state index contributed by atoms with van der Waals surface area (Å²) in [5.74, 6) is 0.321. The van der Waals surface area contributed by atoms with Crippen molar-refractivity contribution in [2.24, 2.45) is 0 Å². The molecule has 0 aliphatic heterocycles. The van der Waals surface area contributed by atoms with Crippen molar-refractivity contribution in [3.8, 4) is 22.4 Å². The Hall–Kier alpha value is -3.26. The maximum absolute atomic E-state index is 11.7. The van der Waals surface area contributed by atoms with Crippen LogP contribution in [0.15, 0.2) is 60.0 Å². The van der Waals surface area contributed by atoms with Crippen LogP contribution in [-0.2, 0) is 9.84 Å². The minimum atomic E-state index is -3.26. The molecule has 0 saturated carbocycles. The molecule has 0 unspecified atom stereocenters. The Bertz CT molecular complexity index is 1260. The predicted molar refractivity (Wildman–Crippen MR) is 104 cm³/mol. The summed E-state index contributed by atoms with van der Waals surface area (Å²) in [5.41, 5.74) is 11.0. The Kier molecular flexibility index (Phi) is 3.92. The summed E-state index contributed by atoms with van der Waals surface area (Å²) < 4.78 is 25.2. The molecule has 1 aromatic carbocycles. The van der Waals surface area contributed by atoms with Gasteiger partial charge in [-0.2, -0.15) is 0 Å². The van der Waals surface area contributed by atoms with E-state index in [-0.39, 0.29) is 4.90 Å². The summed E-state index contributed by atoms with van der Waals surface area (Å²) in [6.45, 7) is 1.92. The second-order valence-corrected chi connectivity index (χ2v) is 8.29. The molecule has 2 N–H and O–H groups in total. The minimum absolute atomic E-state index is 0.266. The van der Waals surface area contributed by atoms with Crippen LogP contribution in [0.1, 0.15) is 5.69 Å². The van der Waals surface area contributed by atoms with Gasteiger partial charge in [-0.15, -0.1) is 0 Å². The lowest BCUT2D eigenvalue weighted by Gasteiger charge is -2.10. The molecule has 0 bridgehead atoms. The molecule has 27 heavy (non-hydrogen) atoms. The van der Waals surface area contributed by atoms with Gasteiger partial charge in [-0.25, -0.2) is 18.4 Å². The average molecular weight is 379 g/mol. The van der Waals surface area contributed by atoms with E-state index in [4.69, 9.17) is 5.73 Å². The van der Waals surface area contributed by atoms with Crippen molar-refractivity contribution in [3.05, 3.63) is 60.8 Å². The van der Waals surface area contributed by atoms with Gasteiger partial charge in [0, 0.05) is 35.5 Å². The molecule has 0 saturated heterocycles. The van der Waals surface area contributed by atoms with Crippen molar-refractivity contribution in [2.75, 3.05) is 12.0 Å². The number of aryl methyl sites for hydroxylation is 1. The quantitative estimate of drug-likeness (QED) is 0.587. The Morgan fingerprint density at radius 2 is 1.74 bits per heavy atom. The number of imidazole rings is 1. The molecule has 8 heteroatoms. The lowest BCUT2D eigenvalue weighted by Crippen LogP contribution is -2.01. The third-order valence-corrected chi connectivity index (χ3v) is 5.58. The summed E-state index contributed by atoms with van der Waals surface area (Å²) in [4.78, 5) is 13.4. The van der Waals surface area contributed by atoms with Gasteiger partial charge < -0.3 is 5.73 Å². The zero-order valence-electron chi connectivity index (χ0n) is 14.8.